The van der Waals surface area contributed by atoms with Gasteiger partial charge < -0.3 is 14.9 Å². The summed E-state index contributed by atoms with van der Waals surface area (Å²) in [4.78, 5) is 11.5. The molecule has 0 aromatic heterocycles. The predicted octanol–water partition coefficient (Wildman–Crippen LogP) is 6.70. The molecule has 0 spiro atoms. The molecule has 4 heteroatoms. The van der Waals surface area contributed by atoms with Crippen LogP contribution < -0.4 is 4.74 Å². The molecule has 0 unspecified atom stereocenters. The lowest BCUT2D eigenvalue weighted by Gasteiger charge is -2.57. The molecule has 3 aromatic carbocycles. The fraction of sp³-hybridized carbons (Fsp3) is 0.414. The molecular weight excluding hydrogens is 412 g/mol. The van der Waals surface area contributed by atoms with E-state index in [1.807, 2.05) is 18.2 Å². The third-order valence-corrected chi connectivity index (χ3v) is 8.76. The molecule has 4 aliphatic carbocycles. The average molecular weight is 443 g/mol. The summed E-state index contributed by atoms with van der Waals surface area (Å²) in [5.74, 6) is 2.54. The lowest BCUT2D eigenvalue weighted by atomic mass is 9.48. The van der Waals surface area contributed by atoms with Gasteiger partial charge in [-0.15, -0.1) is 0 Å². The number of rotatable bonds is 4. The first kappa shape index (κ1) is 20.6. The van der Waals surface area contributed by atoms with Gasteiger partial charge in [0.25, 0.3) is 0 Å². The summed E-state index contributed by atoms with van der Waals surface area (Å²) >= 11 is 0. The second-order valence-corrected chi connectivity index (χ2v) is 10.7. The van der Waals surface area contributed by atoms with Crippen molar-refractivity contribution in [2.24, 2.45) is 17.8 Å². The molecule has 0 amide bonds. The molecule has 4 nitrogen and oxygen atoms in total. The van der Waals surface area contributed by atoms with E-state index in [1.165, 1.54) is 50.2 Å². The maximum absolute atomic E-state index is 11.5. The van der Waals surface area contributed by atoms with Crippen LogP contribution >= 0.6 is 0 Å². The lowest BCUT2D eigenvalue weighted by Crippen LogP contribution is -2.48. The van der Waals surface area contributed by atoms with E-state index in [0.717, 1.165) is 40.0 Å². The Morgan fingerprint density at radius 3 is 2.12 bits per heavy atom. The number of fused-ring (bicyclic) bond motifs is 1. The number of phenolic OH excluding ortho intramolecular Hbond substituents is 1. The number of benzene rings is 3. The van der Waals surface area contributed by atoms with E-state index >= 15 is 0 Å². The first-order valence-electron chi connectivity index (χ1n) is 12.1. The molecule has 0 atom stereocenters. The Labute approximate surface area is 194 Å². The van der Waals surface area contributed by atoms with Crippen molar-refractivity contribution in [3.63, 3.8) is 0 Å². The van der Waals surface area contributed by atoms with Crippen LogP contribution in [0.1, 0.15) is 60.0 Å². The molecule has 3 aromatic rings. The normalized spacial score (nSPS) is 27.8. The van der Waals surface area contributed by atoms with Crippen LogP contribution in [-0.2, 0) is 5.41 Å². The van der Waals surface area contributed by atoms with E-state index in [1.54, 1.807) is 14.0 Å². The van der Waals surface area contributed by atoms with Crippen LogP contribution in [0.3, 0.4) is 0 Å². The van der Waals surface area contributed by atoms with Gasteiger partial charge in [-0.25, -0.2) is 4.79 Å². The average Bonchev–Trinajstić information content (AvgIpc) is 2.79. The van der Waals surface area contributed by atoms with Crippen LogP contribution in [-0.4, -0.2) is 23.3 Å². The number of hydrogen-bond donors (Lipinski definition) is 2. The summed E-state index contributed by atoms with van der Waals surface area (Å²) in [6.45, 7) is 1.80. The number of methoxy groups -OCH3 is 1. The summed E-state index contributed by atoms with van der Waals surface area (Å²) in [7, 11) is 1.77. The molecule has 4 bridgehead atoms. The first-order valence-corrected chi connectivity index (χ1v) is 12.1. The van der Waals surface area contributed by atoms with Crippen molar-refractivity contribution >= 4 is 16.7 Å². The van der Waals surface area contributed by atoms with Gasteiger partial charge in [0.15, 0.2) is 0 Å². The topological polar surface area (TPSA) is 66.8 Å². The van der Waals surface area contributed by atoms with E-state index < -0.39 is 5.97 Å². The van der Waals surface area contributed by atoms with E-state index in [2.05, 4.69) is 18.2 Å². The van der Waals surface area contributed by atoms with Crippen molar-refractivity contribution in [2.45, 2.75) is 50.9 Å². The minimum atomic E-state index is -1.02. The summed E-state index contributed by atoms with van der Waals surface area (Å²) in [5, 5.41) is 21.5. The second kappa shape index (κ2) is 7.24. The van der Waals surface area contributed by atoms with Gasteiger partial charge in [0.2, 0.25) is 0 Å². The third kappa shape index (κ3) is 3.14. The Morgan fingerprint density at radius 2 is 1.52 bits per heavy atom. The number of aromatic hydroxyl groups is 1. The van der Waals surface area contributed by atoms with Crippen molar-refractivity contribution in [1.29, 1.82) is 0 Å². The lowest BCUT2D eigenvalue weighted by molar-refractivity contribution is -0.00613. The van der Waals surface area contributed by atoms with Crippen LogP contribution in [0, 0.1) is 24.7 Å². The van der Waals surface area contributed by atoms with Crippen molar-refractivity contribution in [3.05, 3.63) is 59.2 Å². The number of hydrogen-bond acceptors (Lipinski definition) is 3. The van der Waals surface area contributed by atoms with Gasteiger partial charge >= 0.3 is 5.97 Å². The first-order chi connectivity index (χ1) is 15.9. The zero-order valence-corrected chi connectivity index (χ0v) is 19.2. The van der Waals surface area contributed by atoms with Crippen LogP contribution in [0.4, 0.5) is 0 Å². The number of carboxylic acids is 1. The summed E-state index contributed by atoms with van der Waals surface area (Å²) in [6.07, 6.45) is 8.03. The zero-order valence-electron chi connectivity index (χ0n) is 19.2. The van der Waals surface area contributed by atoms with Crippen molar-refractivity contribution < 1.29 is 19.7 Å². The Morgan fingerprint density at radius 1 is 0.909 bits per heavy atom. The molecule has 0 aliphatic heterocycles. The van der Waals surface area contributed by atoms with Gasteiger partial charge in [-0.05, 0) is 115 Å². The van der Waals surface area contributed by atoms with E-state index in [9.17, 15) is 15.0 Å². The molecule has 4 saturated carbocycles. The third-order valence-electron chi connectivity index (χ3n) is 8.76. The summed E-state index contributed by atoms with van der Waals surface area (Å²) in [6, 6.07) is 13.8. The van der Waals surface area contributed by atoms with Crippen molar-refractivity contribution in [3.8, 4) is 22.6 Å². The molecule has 2 N–H and O–H groups in total. The smallest absolute Gasteiger partial charge is 0.336 e. The molecule has 4 aliphatic rings. The van der Waals surface area contributed by atoms with Gasteiger partial charge in [-0.2, -0.15) is 0 Å². The second-order valence-electron chi connectivity index (χ2n) is 10.7. The zero-order chi connectivity index (χ0) is 22.9. The van der Waals surface area contributed by atoms with E-state index in [4.69, 9.17) is 4.74 Å². The fourth-order valence-corrected chi connectivity index (χ4v) is 7.70. The molecule has 0 radical (unpaired) electrons. The van der Waals surface area contributed by atoms with E-state index in [0.29, 0.717) is 10.9 Å². The molecule has 4 fully saturated rings. The minimum Gasteiger partial charge on any atom is -0.507 e. The SMILES string of the molecule is COc1ccc(-c2ccc3c(C)c(C(=O)O)cc(O)c3c2)cc1C12CC3CC(CC(C3)C1)C2. The number of phenols is 1. The Kier molecular flexibility index (Phi) is 4.52. The van der Waals surface area contributed by atoms with Crippen molar-refractivity contribution in [2.75, 3.05) is 7.11 Å². The standard InChI is InChI=1S/C29H30O4/c1-16-22-5-3-20(10-24(22)26(30)12-23(16)28(31)32)21-4-6-27(33-2)25(11-21)29-13-17-7-18(14-29)9-19(8-17)15-29/h3-6,10-12,17-19,30H,7-9,13-15H2,1-2H3,(H,31,32). The molecule has 0 saturated heterocycles. The number of carbonyl (C=O) groups is 1. The van der Waals surface area contributed by atoms with Gasteiger partial charge in [0, 0.05) is 10.9 Å². The van der Waals surface area contributed by atoms with Gasteiger partial charge in [0.1, 0.15) is 11.5 Å². The van der Waals surface area contributed by atoms with Crippen molar-refractivity contribution in [1.82, 2.24) is 0 Å². The minimum absolute atomic E-state index is 0.00432. The predicted molar refractivity (Wildman–Crippen MR) is 129 cm³/mol. The number of ether oxygens (including phenoxy) is 1. The van der Waals surface area contributed by atoms with Gasteiger partial charge in [-0.1, -0.05) is 18.2 Å². The fourth-order valence-electron chi connectivity index (χ4n) is 7.70. The highest BCUT2D eigenvalue weighted by Crippen LogP contribution is 2.62. The Hall–Kier alpha value is -3.01. The summed E-state index contributed by atoms with van der Waals surface area (Å²) in [5.41, 5.74) is 4.52. The number of aryl methyl sites for hydroxylation is 1. The Bertz CT molecular complexity index is 1250. The Balaban J connectivity index is 1.47. The highest BCUT2D eigenvalue weighted by atomic mass is 16.5. The summed E-state index contributed by atoms with van der Waals surface area (Å²) < 4.78 is 5.87. The number of carboxylic acid groups (broad SMARTS) is 1. The largest absolute Gasteiger partial charge is 0.507 e. The van der Waals surface area contributed by atoms with E-state index in [-0.39, 0.29) is 16.7 Å². The maximum atomic E-state index is 11.5. The molecule has 7 rings (SSSR count). The monoisotopic (exact) mass is 442 g/mol. The van der Waals surface area contributed by atoms with Gasteiger partial charge in [0.05, 0.1) is 12.7 Å². The molecule has 170 valence electrons. The highest BCUT2D eigenvalue weighted by Gasteiger charge is 2.52. The van der Waals surface area contributed by atoms with Crippen LogP contribution in [0.15, 0.2) is 42.5 Å². The molecule has 0 heterocycles. The maximum Gasteiger partial charge on any atom is 0.336 e. The quantitative estimate of drug-likeness (QED) is 0.472. The molecule has 33 heavy (non-hydrogen) atoms. The van der Waals surface area contributed by atoms with Crippen LogP contribution in [0.2, 0.25) is 0 Å². The highest BCUT2D eigenvalue weighted by molar-refractivity contribution is 6.02. The van der Waals surface area contributed by atoms with Crippen LogP contribution in [0.25, 0.3) is 21.9 Å². The van der Waals surface area contributed by atoms with Gasteiger partial charge in [-0.3, -0.25) is 0 Å². The number of aromatic carboxylic acids is 1. The molecular formula is C29H30O4. The van der Waals surface area contributed by atoms with Crippen LogP contribution in [0.5, 0.6) is 11.5 Å².